The third kappa shape index (κ3) is 4.05. The number of hydrogen-bond acceptors (Lipinski definition) is 0. The Labute approximate surface area is 239 Å². The van der Waals surface area contributed by atoms with Crippen LogP contribution in [-0.4, -0.2) is 15.2 Å². The molecule has 39 heavy (non-hydrogen) atoms. The van der Waals surface area contributed by atoms with E-state index in [2.05, 4.69) is 132 Å². The van der Waals surface area contributed by atoms with Gasteiger partial charge in [-0.25, -0.2) is 0 Å². The normalized spacial score (nSPS) is 15.5. The van der Waals surface area contributed by atoms with E-state index < -0.39 is 15.2 Å². The van der Waals surface area contributed by atoms with E-state index in [1.54, 1.807) is 20.7 Å². The summed E-state index contributed by atoms with van der Waals surface area (Å²) in [5, 5.41) is 6.92. The number of rotatable bonds is 4. The first kappa shape index (κ1) is 27.9. The van der Waals surface area contributed by atoms with E-state index in [1.165, 1.54) is 72.4 Å². The summed E-state index contributed by atoms with van der Waals surface area (Å²) < 4.78 is 0. The SMILES string of the molecule is Cc1cc(C)c([Si]2(c3c(C)cc(C)cc3C)C[Si]2(c2c(C)cc(C)cc2C)c2c(C)cc(C)cc2C)c(C)c1. The summed E-state index contributed by atoms with van der Waals surface area (Å²) in [6.45, 7) is 28.3. The molecule has 2 heteroatoms. The van der Waals surface area contributed by atoms with E-state index in [0.717, 1.165) is 0 Å². The van der Waals surface area contributed by atoms with Crippen molar-refractivity contribution in [3.8, 4) is 0 Å². The summed E-state index contributed by atoms with van der Waals surface area (Å²) in [4.78, 5) is 0. The topological polar surface area (TPSA) is 0 Å². The zero-order chi connectivity index (χ0) is 28.6. The van der Waals surface area contributed by atoms with Crippen LogP contribution in [0.2, 0.25) is 5.67 Å². The molecule has 1 heterocycles. The number of aryl methyl sites for hydroxylation is 12. The molecule has 0 N–H and O–H groups in total. The largest absolute Gasteiger partial charge is 0.120 e. The van der Waals surface area contributed by atoms with Gasteiger partial charge in [-0.15, -0.1) is 0 Å². The van der Waals surface area contributed by atoms with Crippen LogP contribution in [0.3, 0.4) is 0 Å². The minimum absolute atomic E-state index is 1.37. The fraction of sp³-hybridized carbons (Fsp3) is 0.351. The van der Waals surface area contributed by atoms with Gasteiger partial charge in [-0.1, -0.05) is 136 Å². The molecule has 0 spiro atoms. The van der Waals surface area contributed by atoms with Gasteiger partial charge in [-0.2, -0.15) is 0 Å². The third-order valence-corrected chi connectivity index (χ3v) is 28.2. The Morgan fingerprint density at radius 3 is 0.615 bits per heavy atom. The minimum atomic E-state index is -2.21. The van der Waals surface area contributed by atoms with E-state index in [4.69, 9.17) is 0 Å². The molecule has 0 unspecified atom stereocenters. The first-order valence-corrected chi connectivity index (χ1v) is 20.0. The predicted octanol–water partition coefficient (Wildman–Crippen LogP) is 6.85. The predicted molar refractivity (Wildman–Crippen MR) is 177 cm³/mol. The lowest BCUT2D eigenvalue weighted by Crippen LogP contribution is -2.69. The van der Waals surface area contributed by atoms with Gasteiger partial charge in [0.15, 0.2) is 0 Å². The monoisotopic (exact) mass is 546 g/mol. The lowest BCUT2D eigenvalue weighted by atomic mass is 10.1. The molecule has 4 aromatic carbocycles. The van der Waals surface area contributed by atoms with Crippen molar-refractivity contribution in [1.82, 2.24) is 0 Å². The molecular weight excluding hydrogens is 501 g/mol. The summed E-state index contributed by atoms with van der Waals surface area (Å²) in [6, 6.07) is 19.8. The maximum atomic E-state index is 2.47. The van der Waals surface area contributed by atoms with Gasteiger partial charge in [-0.3, -0.25) is 0 Å². The van der Waals surface area contributed by atoms with Gasteiger partial charge in [0, 0.05) is 0 Å². The van der Waals surface area contributed by atoms with Gasteiger partial charge in [-0.05, 0) is 88.8 Å². The molecule has 1 fully saturated rings. The van der Waals surface area contributed by atoms with Crippen LogP contribution in [-0.2, 0) is 0 Å². The quantitative estimate of drug-likeness (QED) is 0.246. The summed E-state index contributed by atoms with van der Waals surface area (Å²) in [5.41, 5.74) is 19.0. The third-order valence-electron chi connectivity index (χ3n) is 9.55. The van der Waals surface area contributed by atoms with Crippen LogP contribution in [0.5, 0.6) is 0 Å². The second-order valence-corrected chi connectivity index (χ2v) is 25.2. The molecule has 0 saturated carbocycles. The molecule has 1 saturated heterocycles. The van der Waals surface area contributed by atoms with Gasteiger partial charge in [0.05, 0.1) is 0 Å². The molecule has 1 aliphatic rings. The molecule has 0 amide bonds. The Hall–Kier alpha value is -2.69. The average Bonchev–Trinajstić information content (AvgIpc) is 3.39. The molecule has 0 aromatic heterocycles. The molecule has 202 valence electrons. The molecule has 4 aromatic rings. The fourth-order valence-corrected chi connectivity index (χ4v) is 36.1. The zero-order valence-corrected chi connectivity index (χ0v) is 28.3. The van der Waals surface area contributed by atoms with Crippen molar-refractivity contribution in [3.05, 3.63) is 115 Å². The molecule has 0 radical (unpaired) electrons. The summed E-state index contributed by atoms with van der Waals surface area (Å²) in [7, 11) is -4.42. The Bertz CT molecular complexity index is 1320. The Morgan fingerprint density at radius 2 is 0.462 bits per heavy atom. The lowest BCUT2D eigenvalue weighted by molar-refractivity contribution is 1.33. The van der Waals surface area contributed by atoms with E-state index in [-0.39, 0.29) is 0 Å². The first-order chi connectivity index (χ1) is 18.2. The van der Waals surface area contributed by atoms with Crippen LogP contribution in [0.1, 0.15) is 66.8 Å². The molecule has 0 aliphatic carbocycles. The summed E-state index contributed by atoms with van der Waals surface area (Å²) in [6.07, 6.45) is 0. The highest BCUT2D eigenvalue weighted by molar-refractivity contribution is 7.75. The second-order valence-electron chi connectivity index (χ2n) is 13.1. The van der Waals surface area contributed by atoms with E-state index in [9.17, 15) is 0 Å². The molecule has 0 nitrogen and oxygen atoms in total. The standard InChI is InChI=1S/C37H46Si2/c1-22-13-26(5)34(27(6)14-22)38(35-28(7)15-23(2)16-29(35)8)21-39(38,36-30(9)17-24(3)18-31(36)10)37-32(11)19-25(4)20-33(37)12/h13-20H,21H2,1-12H3. The molecule has 0 atom stereocenters. The van der Waals surface area contributed by atoms with Crippen molar-refractivity contribution in [2.24, 2.45) is 0 Å². The maximum absolute atomic E-state index is 2.47. The van der Waals surface area contributed by atoms with Crippen molar-refractivity contribution in [3.63, 3.8) is 0 Å². The van der Waals surface area contributed by atoms with Crippen molar-refractivity contribution in [2.75, 3.05) is 0 Å². The smallest absolute Gasteiger partial charge is 0.0565 e. The number of hydrogen-bond donors (Lipinski definition) is 0. The van der Waals surface area contributed by atoms with Crippen molar-refractivity contribution in [1.29, 1.82) is 0 Å². The highest BCUT2D eigenvalue weighted by atomic mass is 29.3. The Kier molecular flexibility index (Phi) is 6.76. The molecular formula is C37H46Si2. The minimum Gasteiger partial charge on any atom is -0.0565 e. The van der Waals surface area contributed by atoms with Gasteiger partial charge in [0.1, 0.15) is 15.2 Å². The van der Waals surface area contributed by atoms with Gasteiger partial charge in [0.2, 0.25) is 0 Å². The highest BCUT2D eigenvalue weighted by Gasteiger charge is 2.76. The second kappa shape index (κ2) is 9.46. The Morgan fingerprint density at radius 1 is 0.308 bits per heavy atom. The highest BCUT2D eigenvalue weighted by Crippen LogP contribution is 2.48. The van der Waals surface area contributed by atoms with E-state index in [0.29, 0.717) is 0 Å². The van der Waals surface area contributed by atoms with Crippen molar-refractivity contribution in [2.45, 2.75) is 88.8 Å². The van der Waals surface area contributed by atoms with Crippen molar-refractivity contribution >= 4 is 35.9 Å². The first-order valence-electron chi connectivity index (χ1n) is 14.6. The van der Waals surface area contributed by atoms with Crippen LogP contribution in [0.25, 0.3) is 0 Å². The summed E-state index contributed by atoms with van der Waals surface area (Å²) in [5.74, 6) is 0. The van der Waals surface area contributed by atoms with Crippen LogP contribution in [0.15, 0.2) is 48.5 Å². The molecule has 1 aliphatic heterocycles. The van der Waals surface area contributed by atoms with Crippen molar-refractivity contribution < 1.29 is 0 Å². The molecule has 5 rings (SSSR count). The van der Waals surface area contributed by atoms with E-state index >= 15 is 0 Å². The van der Waals surface area contributed by atoms with E-state index in [1.807, 2.05) is 0 Å². The lowest BCUT2D eigenvalue weighted by Gasteiger charge is -2.34. The number of benzene rings is 4. The van der Waals surface area contributed by atoms with Crippen LogP contribution in [0, 0.1) is 83.1 Å². The van der Waals surface area contributed by atoms with Gasteiger partial charge >= 0.3 is 0 Å². The van der Waals surface area contributed by atoms with Crippen LogP contribution >= 0.6 is 0 Å². The molecule has 0 bridgehead atoms. The van der Waals surface area contributed by atoms with Gasteiger partial charge in [0.25, 0.3) is 0 Å². The fourth-order valence-electron chi connectivity index (χ4n) is 9.22. The van der Waals surface area contributed by atoms with Crippen LogP contribution < -0.4 is 20.7 Å². The van der Waals surface area contributed by atoms with Gasteiger partial charge < -0.3 is 0 Å². The Balaban J connectivity index is 2.05. The zero-order valence-electron chi connectivity index (χ0n) is 26.3. The van der Waals surface area contributed by atoms with Crippen LogP contribution in [0.4, 0.5) is 0 Å². The summed E-state index contributed by atoms with van der Waals surface area (Å²) >= 11 is 0. The maximum Gasteiger partial charge on any atom is 0.120 e. The average molecular weight is 547 g/mol.